The van der Waals surface area contributed by atoms with E-state index in [4.69, 9.17) is 8.92 Å². The molecule has 1 aromatic carbocycles. The highest BCUT2D eigenvalue weighted by atomic mass is 32.2. The molecule has 0 heterocycles. The minimum atomic E-state index is -3.64. The van der Waals surface area contributed by atoms with Crippen molar-refractivity contribution in [3.63, 3.8) is 0 Å². The van der Waals surface area contributed by atoms with E-state index >= 15 is 0 Å². The Morgan fingerprint density at radius 3 is 2.40 bits per heavy atom. The highest BCUT2D eigenvalue weighted by molar-refractivity contribution is 7.87. The summed E-state index contributed by atoms with van der Waals surface area (Å²) in [5, 5.41) is -0.594. The molecule has 1 atom stereocenters. The van der Waals surface area contributed by atoms with E-state index in [1.165, 1.54) is 0 Å². The maximum Gasteiger partial charge on any atom is 0.311 e. The van der Waals surface area contributed by atoms with Crippen LogP contribution in [0.1, 0.15) is 44.2 Å². The second kappa shape index (κ2) is 7.09. The quantitative estimate of drug-likeness (QED) is 0.725. The number of ether oxygens (including phenoxy) is 1. The van der Waals surface area contributed by atoms with Crippen molar-refractivity contribution in [2.45, 2.75) is 45.3 Å². The summed E-state index contributed by atoms with van der Waals surface area (Å²) in [6, 6.07) is 5.66. The lowest BCUT2D eigenvalue weighted by Gasteiger charge is -2.17. The summed E-state index contributed by atoms with van der Waals surface area (Å²) < 4.78 is 34.7. The molecule has 0 aromatic heterocycles. The number of hydrogen-bond donors (Lipinski definition) is 0. The molecule has 0 saturated heterocycles. The zero-order chi connectivity index (χ0) is 15.3. The molecule has 114 valence electrons. The Hall–Kier alpha value is -1.07. The summed E-state index contributed by atoms with van der Waals surface area (Å²) in [7, 11) is -2.09. The van der Waals surface area contributed by atoms with Crippen molar-refractivity contribution in [1.82, 2.24) is 0 Å². The standard InChI is InChI=1S/C15H24O4S/c1-11(2)14-7-6-12(3)10-15(14)19-20(16,17)13(4)8-9-18-5/h6-7,10-11,13H,8-9H2,1-5H3. The molecule has 0 N–H and O–H groups in total. The van der Waals surface area contributed by atoms with Gasteiger partial charge >= 0.3 is 10.1 Å². The fourth-order valence-electron chi connectivity index (χ4n) is 1.83. The third-order valence-electron chi connectivity index (χ3n) is 3.22. The molecule has 1 aromatic rings. The molecule has 0 amide bonds. The SMILES string of the molecule is COCCC(C)S(=O)(=O)Oc1cc(C)ccc1C(C)C. The number of methoxy groups -OCH3 is 1. The molecule has 0 aliphatic rings. The molecule has 0 fully saturated rings. The maximum atomic E-state index is 12.2. The number of hydrogen-bond acceptors (Lipinski definition) is 4. The Kier molecular flexibility index (Phi) is 6.02. The first-order chi connectivity index (χ1) is 9.27. The Morgan fingerprint density at radius 2 is 1.85 bits per heavy atom. The van der Waals surface area contributed by atoms with E-state index in [-0.39, 0.29) is 5.92 Å². The second-order valence-corrected chi connectivity index (χ2v) is 7.32. The Morgan fingerprint density at radius 1 is 1.20 bits per heavy atom. The van der Waals surface area contributed by atoms with Crippen LogP contribution in [0.25, 0.3) is 0 Å². The monoisotopic (exact) mass is 300 g/mol. The largest absolute Gasteiger partial charge is 0.385 e. The van der Waals surface area contributed by atoms with Crippen LogP contribution in [0.5, 0.6) is 5.75 Å². The molecule has 0 saturated carbocycles. The number of rotatable bonds is 7. The molecule has 4 nitrogen and oxygen atoms in total. The van der Waals surface area contributed by atoms with Crippen molar-refractivity contribution in [2.75, 3.05) is 13.7 Å². The van der Waals surface area contributed by atoms with Crippen LogP contribution >= 0.6 is 0 Å². The Bertz CT molecular complexity index is 535. The van der Waals surface area contributed by atoms with Crippen molar-refractivity contribution >= 4 is 10.1 Å². The Balaban J connectivity index is 2.99. The van der Waals surface area contributed by atoms with Crippen molar-refractivity contribution in [3.05, 3.63) is 29.3 Å². The summed E-state index contributed by atoms with van der Waals surface area (Å²) in [6.45, 7) is 7.97. The fourth-order valence-corrected chi connectivity index (χ4v) is 2.77. The minimum absolute atomic E-state index is 0.204. The number of benzene rings is 1. The van der Waals surface area contributed by atoms with E-state index in [0.29, 0.717) is 18.8 Å². The van der Waals surface area contributed by atoms with Crippen LogP contribution in [0.3, 0.4) is 0 Å². The topological polar surface area (TPSA) is 52.6 Å². The molecule has 0 spiro atoms. The zero-order valence-electron chi connectivity index (χ0n) is 12.8. The average Bonchev–Trinajstić information content (AvgIpc) is 2.34. The summed E-state index contributed by atoms with van der Waals surface area (Å²) in [5.74, 6) is 0.638. The van der Waals surface area contributed by atoms with E-state index in [9.17, 15) is 8.42 Å². The highest BCUT2D eigenvalue weighted by Crippen LogP contribution is 2.29. The van der Waals surface area contributed by atoms with Crippen LogP contribution in [0.2, 0.25) is 0 Å². The van der Waals surface area contributed by atoms with Gasteiger partial charge in [0.15, 0.2) is 0 Å². The van der Waals surface area contributed by atoms with Crippen LogP contribution in [0.15, 0.2) is 18.2 Å². The first-order valence-corrected chi connectivity index (χ1v) is 8.28. The second-order valence-electron chi connectivity index (χ2n) is 5.36. The van der Waals surface area contributed by atoms with Crippen molar-refractivity contribution in [3.8, 4) is 5.75 Å². The fraction of sp³-hybridized carbons (Fsp3) is 0.600. The molecule has 0 aliphatic heterocycles. The van der Waals surface area contributed by atoms with Gasteiger partial charge < -0.3 is 8.92 Å². The third kappa shape index (κ3) is 4.49. The van der Waals surface area contributed by atoms with Gasteiger partial charge in [-0.05, 0) is 43.4 Å². The lowest BCUT2D eigenvalue weighted by atomic mass is 10.0. The van der Waals surface area contributed by atoms with Crippen molar-refractivity contribution in [2.24, 2.45) is 0 Å². The first kappa shape index (κ1) is 17.0. The molecule has 0 aliphatic carbocycles. The van der Waals surface area contributed by atoms with E-state index in [1.54, 1.807) is 20.1 Å². The van der Waals surface area contributed by atoms with Gasteiger partial charge in [-0.3, -0.25) is 0 Å². The van der Waals surface area contributed by atoms with Crippen LogP contribution in [0.4, 0.5) is 0 Å². The Labute approximate surface area is 122 Å². The van der Waals surface area contributed by atoms with Gasteiger partial charge in [-0.15, -0.1) is 0 Å². The predicted molar refractivity (Wildman–Crippen MR) is 80.8 cm³/mol. The van der Waals surface area contributed by atoms with Gasteiger partial charge in [0.05, 0.1) is 5.25 Å². The van der Waals surface area contributed by atoms with Crippen LogP contribution < -0.4 is 4.18 Å². The van der Waals surface area contributed by atoms with Gasteiger partial charge in [-0.1, -0.05) is 26.0 Å². The van der Waals surface area contributed by atoms with E-state index in [0.717, 1.165) is 11.1 Å². The first-order valence-electron chi connectivity index (χ1n) is 6.80. The van der Waals surface area contributed by atoms with E-state index < -0.39 is 15.4 Å². The van der Waals surface area contributed by atoms with E-state index in [2.05, 4.69) is 0 Å². The zero-order valence-corrected chi connectivity index (χ0v) is 13.7. The molecule has 1 unspecified atom stereocenters. The van der Waals surface area contributed by atoms with Crippen LogP contribution in [-0.4, -0.2) is 27.4 Å². The maximum absolute atomic E-state index is 12.2. The molecular weight excluding hydrogens is 276 g/mol. The smallest absolute Gasteiger partial charge is 0.311 e. The molecule has 0 bridgehead atoms. The summed E-state index contributed by atoms with van der Waals surface area (Å²) >= 11 is 0. The summed E-state index contributed by atoms with van der Waals surface area (Å²) in [4.78, 5) is 0. The molecule has 1 rings (SSSR count). The van der Waals surface area contributed by atoms with Crippen molar-refractivity contribution in [1.29, 1.82) is 0 Å². The van der Waals surface area contributed by atoms with Gasteiger partial charge in [-0.25, -0.2) is 0 Å². The molecular formula is C15H24O4S. The third-order valence-corrected chi connectivity index (χ3v) is 4.85. The number of aryl methyl sites for hydroxylation is 1. The predicted octanol–water partition coefficient (Wildman–Crippen LogP) is 3.25. The van der Waals surface area contributed by atoms with Gasteiger partial charge in [-0.2, -0.15) is 8.42 Å². The van der Waals surface area contributed by atoms with Crippen LogP contribution in [-0.2, 0) is 14.9 Å². The average molecular weight is 300 g/mol. The van der Waals surface area contributed by atoms with E-state index in [1.807, 2.05) is 32.9 Å². The lowest BCUT2D eigenvalue weighted by molar-refractivity contribution is 0.194. The lowest BCUT2D eigenvalue weighted by Crippen LogP contribution is -2.25. The van der Waals surface area contributed by atoms with Crippen molar-refractivity contribution < 1.29 is 17.3 Å². The highest BCUT2D eigenvalue weighted by Gasteiger charge is 2.24. The van der Waals surface area contributed by atoms with Gasteiger partial charge in [0.1, 0.15) is 5.75 Å². The molecule has 5 heteroatoms. The normalized spacial score (nSPS) is 13.5. The molecule has 0 radical (unpaired) electrons. The van der Waals surface area contributed by atoms with Gasteiger partial charge in [0.2, 0.25) is 0 Å². The van der Waals surface area contributed by atoms with Gasteiger partial charge in [0.25, 0.3) is 0 Å². The molecule has 20 heavy (non-hydrogen) atoms. The minimum Gasteiger partial charge on any atom is -0.385 e. The summed E-state index contributed by atoms with van der Waals surface area (Å²) in [6.07, 6.45) is 0.418. The van der Waals surface area contributed by atoms with Crippen LogP contribution in [0, 0.1) is 6.92 Å². The van der Waals surface area contributed by atoms with Gasteiger partial charge in [0, 0.05) is 13.7 Å². The summed E-state index contributed by atoms with van der Waals surface area (Å²) in [5.41, 5.74) is 1.88.